The molecule has 0 saturated heterocycles. The third-order valence-corrected chi connectivity index (χ3v) is 6.94. The van der Waals surface area contributed by atoms with Crippen LogP contribution in [0.5, 0.6) is 5.75 Å². The molecule has 0 aliphatic carbocycles. The van der Waals surface area contributed by atoms with E-state index in [4.69, 9.17) is 4.98 Å². The molecule has 4 aromatic carbocycles. The molecule has 0 spiro atoms. The van der Waals surface area contributed by atoms with E-state index in [-0.39, 0.29) is 11.2 Å². The first-order chi connectivity index (χ1) is 18.4. The highest BCUT2D eigenvalue weighted by molar-refractivity contribution is 5.96. The second-order valence-electron chi connectivity index (χ2n) is 10.6. The smallest absolute Gasteiger partial charge is 0.149 e. The van der Waals surface area contributed by atoms with Gasteiger partial charge in [0, 0.05) is 23.0 Å². The van der Waals surface area contributed by atoms with Crippen molar-refractivity contribution in [3.63, 3.8) is 0 Å². The second kappa shape index (κ2) is 9.31. The zero-order valence-corrected chi connectivity index (χ0v) is 21.8. The van der Waals surface area contributed by atoms with Gasteiger partial charge in [0.15, 0.2) is 0 Å². The van der Waals surface area contributed by atoms with Crippen molar-refractivity contribution in [2.24, 2.45) is 0 Å². The summed E-state index contributed by atoms with van der Waals surface area (Å²) in [5.74, 6) is 0.923. The van der Waals surface area contributed by atoms with E-state index in [1.807, 2.05) is 48.7 Å². The van der Waals surface area contributed by atoms with Crippen molar-refractivity contribution < 1.29 is 5.11 Å². The van der Waals surface area contributed by atoms with Gasteiger partial charge in [0.25, 0.3) is 0 Å². The normalized spacial score (nSPS) is 11.7. The summed E-state index contributed by atoms with van der Waals surface area (Å²) in [7, 11) is 0. The van der Waals surface area contributed by atoms with Gasteiger partial charge in [0.2, 0.25) is 0 Å². The SMILES string of the molecule is CC(C)(C)c1ccc(O)c(-c2nc3c(-c4cccc(-c5ccccn5)c4)cccc3n2-c2ccccc2)c1. The van der Waals surface area contributed by atoms with Gasteiger partial charge in [-0.15, -0.1) is 0 Å². The van der Waals surface area contributed by atoms with Crippen LogP contribution in [0, 0.1) is 0 Å². The third kappa shape index (κ3) is 4.24. The molecule has 2 aromatic heterocycles. The number of para-hydroxylation sites is 2. The number of hydrogen-bond donors (Lipinski definition) is 1. The van der Waals surface area contributed by atoms with Crippen LogP contribution in [0.25, 0.3) is 50.5 Å². The Morgan fingerprint density at radius 2 is 1.45 bits per heavy atom. The molecule has 6 aromatic rings. The van der Waals surface area contributed by atoms with E-state index in [0.29, 0.717) is 11.4 Å². The maximum absolute atomic E-state index is 11.0. The van der Waals surface area contributed by atoms with Gasteiger partial charge in [-0.2, -0.15) is 0 Å². The standard InChI is InChI=1S/C34H29N3O/c1-34(2,3)25-18-19-31(38)28(22-25)33-36-32-27(15-10-17-30(32)37(33)26-13-5-4-6-14-26)23-11-9-12-24(21-23)29-16-7-8-20-35-29/h4-22,38H,1-3H3. The first-order valence-corrected chi connectivity index (χ1v) is 12.8. The molecular weight excluding hydrogens is 466 g/mol. The predicted octanol–water partition coefficient (Wildman–Crippen LogP) is 8.42. The molecule has 6 rings (SSSR count). The highest BCUT2D eigenvalue weighted by Crippen LogP contribution is 2.39. The average molecular weight is 496 g/mol. The van der Waals surface area contributed by atoms with Crippen LogP contribution < -0.4 is 0 Å². The fourth-order valence-electron chi connectivity index (χ4n) is 4.91. The predicted molar refractivity (Wildman–Crippen MR) is 156 cm³/mol. The molecule has 0 amide bonds. The Kier molecular flexibility index (Phi) is 5.80. The molecule has 0 unspecified atom stereocenters. The first kappa shape index (κ1) is 23.7. The number of aromatic hydroxyl groups is 1. The fraction of sp³-hybridized carbons (Fsp3) is 0.118. The lowest BCUT2D eigenvalue weighted by molar-refractivity contribution is 0.475. The van der Waals surface area contributed by atoms with Crippen LogP contribution in [0.2, 0.25) is 0 Å². The van der Waals surface area contributed by atoms with Crippen LogP contribution in [0.4, 0.5) is 0 Å². The summed E-state index contributed by atoms with van der Waals surface area (Å²) in [5.41, 5.74) is 8.72. The molecule has 4 heteroatoms. The van der Waals surface area contributed by atoms with Crippen molar-refractivity contribution in [3.05, 3.63) is 121 Å². The van der Waals surface area contributed by atoms with Crippen molar-refractivity contribution in [1.82, 2.24) is 14.5 Å². The van der Waals surface area contributed by atoms with Gasteiger partial charge in [-0.05, 0) is 65.1 Å². The average Bonchev–Trinajstić information content (AvgIpc) is 3.33. The van der Waals surface area contributed by atoms with E-state index in [0.717, 1.165) is 44.7 Å². The van der Waals surface area contributed by atoms with Gasteiger partial charge in [-0.25, -0.2) is 4.98 Å². The molecule has 1 N–H and O–H groups in total. The number of fused-ring (bicyclic) bond motifs is 1. The van der Waals surface area contributed by atoms with Crippen molar-refractivity contribution in [1.29, 1.82) is 0 Å². The summed E-state index contributed by atoms with van der Waals surface area (Å²) in [6.07, 6.45) is 1.81. The molecule has 0 aliphatic rings. The zero-order valence-electron chi connectivity index (χ0n) is 21.8. The van der Waals surface area contributed by atoms with Crippen molar-refractivity contribution in [2.75, 3.05) is 0 Å². The molecular formula is C34H29N3O. The molecule has 38 heavy (non-hydrogen) atoms. The molecule has 0 saturated carbocycles. The summed E-state index contributed by atoms with van der Waals surface area (Å²) >= 11 is 0. The van der Waals surface area contributed by atoms with Gasteiger partial charge in [0.1, 0.15) is 11.6 Å². The Bertz CT molecular complexity index is 1750. The molecule has 4 nitrogen and oxygen atoms in total. The third-order valence-electron chi connectivity index (χ3n) is 6.94. The minimum Gasteiger partial charge on any atom is -0.507 e. The lowest BCUT2D eigenvalue weighted by Gasteiger charge is -2.20. The van der Waals surface area contributed by atoms with E-state index in [1.54, 1.807) is 6.07 Å². The quantitative estimate of drug-likeness (QED) is 0.267. The monoisotopic (exact) mass is 495 g/mol. The summed E-state index contributed by atoms with van der Waals surface area (Å²) in [6.45, 7) is 6.53. The van der Waals surface area contributed by atoms with Crippen LogP contribution in [0.3, 0.4) is 0 Å². The topological polar surface area (TPSA) is 50.9 Å². The van der Waals surface area contributed by atoms with Gasteiger partial charge in [0.05, 0.1) is 22.3 Å². The Labute approximate surface area is 222 Å². The maximum Gasteiger partial charge on any atom is 0.149 e. The molecule has 0 radical (unpaired) electrons. The van der Waals surface area contributed by atoms with Crippen molar-refractivity contribution in [2.45, 2.75) is 26.2 Å². The molecule has 2 heterocycles. The summed E-state index contributed by atoms with van der Waals surface area (Å²) < 4.78 is 2.14. The van der Waals surface area contributed by atoms with E-state index >= 15 is 0 Å². The van der Waals surface area contributed by atoms with Gasteiger partial charge in [-0.1, -0.05) is 81.4 Å². The van der Waals surface area contributed by atoms with Gasteiger partial charge < -0.3 is 5.11 Å². The molecule has 0 bridgehead atoms. The number of phenols is 1. The maximum atomic E-state index is 11.0. The number of hydrogen-bond acceptors (Lipinski definition) is 3. The van der Waals surface area contributed by atoms with E-state index in [2.05, 4.69) is 91.0 Å². The van der Waals surface area contributed by atoms with Crippen molar-refractivity contribution in [3.8, 4) is 45.2 Å². The number of nitrogens with zero attached hydrogens (tertiary/aromatic N) is 3. The Morgan fingerprint density at radius 1 is 0.684 bits per heavy atom. The van der Waals surface area contributed by atoms with E-state index in [1.165, 1.54) is 0 Å². The Balaban J connectivity index is 1.62. The zero-order chi connectivity index (χ0) is 26.3. The van der Waals surface area contributed by atoms with Gasteiger partial charge in [-0.3, -0.25) is 9.55 Å². The van der Waals surface area contributed by atoms with E-state index < -0.39 is 0 Å². The lowest BCUT2D eigenvalue weighted by Crippen LogP contribution is -2.11. The number of imidazole rings is 1. The highest BCUT2D eigenvalue weighted by atomic mass is 16.3. The number of rotatable bonds is 4. The first-order valence-electron chi connectivity index (χ1n) is 12.8. The number of pyridine rings is 1. The van der Waals surface area contributed by atoms with Crippen LogP contribution >= 0.6 is 0 Å². The number of phenolic OH excluding ortho intramolecular Hbond substituents is 1. The molecule has 186 valence electrons. The lowest BCUT2D eigenvalue weighted by atomic mass is 9.86. The Morgan fingerprint density at radius 3 is 2.21 bits per heavy atom. The summed E-state index contributed by atoms with van der Waals surface area (Å²) in [5, 5.41) is 11.0. The minimum absolute atomic E-state index is 0.0664. The second-order valence-corrected chi connectivity index (χ2v) is 10.6. The highest BCUT2D eigenvalue weighted by Gasteiger charge is 2.22. The number of aromatic nitrogens is 3. The minimum atomic E-state index is -0.0664. The number of benzene rings is 4. The van der Waals surface area contributed by atoms with Crippen LogP contribution in [0.15, 0.2) is 115 Å². The van der Waals surface area contributed by atoms with E-state index in [9.17, 15) is 5.11 Å². The van der Waals surface area contributed by atoms with Gasteiger partial charge >= 0.3 is 0 Å². The molecule has 0 fully saturated rings. The summed E-state index contributed by atoms with van der Waals surface area (Å²) in [4.78, 5) is 9.74. The van der Waals surface area contributed by atoms with Crippen LogP contribution in [0.1, 0.15) is 26.3 Å². The largest absolute Gasteiger partial charge is 0.507 e. The Hall–Kier alpha value is -4.70. The van der Waals surface area contributed by atoms with Crippen LogP contribution in [-0.4, -0.2) is 19.6 Å². The fourth-order valence-corrected chi connectivity index (χ4v) is 4.91. The summed E-state index contributed by atoms with van der Waals surface area (Å²) in [6, 6.07) is 36.7. The van der Waals surface area contributed by atoms with Crippen molar-refractivity contribution >= 4 is 11.0 Å². The molecule has 0 aliphatic heterocycles. The van der Waals surface area contributed by atoms with Crippen LogP contribution in [-0.2, 0) is 5.41 Å². The molecule has 0 atom stereocenters.